The number of hydrogen-bond donors (Lipinski definition) is 2. The Morgan fingerprint density at radius 1 is 1.55 bits per heavy atom. The largest absolute Gasteiger partial charge is 0.350 e. The first-order valence-corrected chi connectivity index (χ1v) is 7.95. The fourth-order valence-electron chi connectivity index (χ4n) is 2.58. The molecule has 20 heavy (non-hydrogen) atoms. The Balaban J connectivity index is 1.98. The van der Waals surface area contributed by atoms with E-state index in [1.807, 2.05) is 22.6 Å². The van der Waals surface area contributed by atoms with Gasteiger partial charge in [-0.2, -0.15) is 0 Å². The van der Waals surface area contributed by atoms with E-state index in [1.165, 1.54) is 24.6 Å². The molecule has 0 radical (unpaired) electrons. The molecule has 2 N–H and O–H groups in total. The van der Waals surface area contributed by atoms with Crippen molar-refractivity contribution in [3.05, 3.63) is 33.1 Å². The van der Waals surface area contributed by atoms with Gasteiger partial charge in [0.15, 0.2) is 0 Å². The molecule has 0 aliphatic carbocycles. The first-order chi connectivity index (χ1) is 9.40. The minimum atomic E-state index is -0.318. The zero-order valence-corrected chi connectivity index (χ0v) is 14.0. The molecule has 2 rings (SSSR count). The average Bonchev–Trinajstić information content (AvgIpc) is 2.36. The smallest absolute Gasteiger partial charge is 0.252 e. The number of piperidine rings is 1. The van der Waals surface area contributed by atoms with Crippen molar-refractivity contribution < 1.29 is 9.18 Å². The molecule has 110 valence electrons. The second-order valence-corrected chi connectivity index (χ2v) is 7.10. The lowest BCUT2D eigenvalue weighted by Gasteiger charge is -2.39. The third kappa shape index (κ3) is 3.69. The van der Waals surface area contributed by atoms with Crippen molar-refractivity contribution in [2.75, 3.05) is 13.1 Å². The molecule has 1 aromatic rings. The summed E-state index contributed by atoms with van der Waals surface area (Å²) < 4.78 is 13.7. The van der Waals surface area contributed by atoms with E-state index in [9.17, 15) is 9.18 Å². The van der Waals surface area contributed by atoms with Crippen molar-refractivity contribution in [1.82, 2.24) is 10.6 Å². The second kappa shape index (κ2) is 6.39. The molecule has 1 aliphatic heterocycles. The maximum atomic E-state index is 13.0. The highest BCUT2D eigenvalue weighted by molar-refractivity contribution is 14.1. The highest BCUT2D eigenvalue weighted by Gasteiger charge is 2.32. The van der Waals surface area contributed by atoms with Crippen LogP contribution in [0.3, 0.4) is 0 Å². The number of hydrogen-bond acceptors (Lipinski definition) is 2. The van der Waals surface area contributed by atoms with Crippen LogP contribution in [0.15, 0.2) is 18.2 Å². The van der Waals surface area contributed by atoms with Crippen molar-refractivity contribution in [1.29, 1.82) is 0 Å². The van der Waals surface area contributed by atoms with E-state index < -0.39 is 0 Å². The van der Waals surface area contributed by atoms with Crippen LogP contribution in [0.5, 0.6) is 0 Å². The molecular formula is C15H20FIN2O. The quantitative estimate of drug-likeness (QED) is 0.780. The Bertz CT molecular complexity index is 505. The van der Waals surface area contributed by atoms with E-state index in [-0.39, 0.29) is 23.2 Å². The molecule has 1 atom stereocenters. The van der Waals surface area contributed by atoms with E-state index in [1.54, 1.807) is 0 Å². The Kier molecular flexibility index (Phi) is 5.01. The van der Waals surface area contributed by atoms with Crippen LogP contribution in [0.1, 0.15) is 37.0 Å². The van der Waals surface area contributed by atoms with Crippen molar-refractivity contribution >= 4 is 28.5 Å². The normalized spacial score (nSPS) is 21.5. The Morgan fingerprint density at radius 3 is 2.95 bits per heavy atom. The van der Waals surface area contributed by atoms with Gasteiger partial charge in [-0.1, -0.05) is 13.8 Å². The number of amides is 1. The minimum absolute atomic E-state index is 0.141. The monoisotopic (exact) mass is 390 g/mol. The molecule has 1 heterocycles. The van der Waals surface area contributed by atoms with Gasteiger partial charge in [0.2, 0.25) is 0 Å². The van der Waals surface area contributed by atoms with Crippen LogP contribution >= 0.6 is 22.6 Å². The maximum absolute atomic E-state index is 13.0. The number of benzene rings is 1. The highest BCUT2D eigenvalue weighted by atomic mass is 127. The number of halogens is 2. The summed E-state index contributed by atoms with van der Waals surface area (Å²) in [6.45, 7) is 6.03. The van der Waals surface area contributed by atoms with Crippen molar-refractivity contribution in [3.8, 4) is 0 Å². The van der Waals surface area contributed by atoms with Gasteiger partial charge in [-0.15, -0.1) is 0 Å². The zero-order valence-electron chi connectivity index (χ0n) is 11.8. The van der Waals surface area contributed by atoms with Crippen molar-refractivity contribution in [2.24, 2.45) is 5.41 Å². The van der Waals surface area contributed by atoms with Gasteiger partial charge in [0.05, 0.1) is 5.56 Å². The van der Waals surface area contributed by atoms with Gasteiger partial charge in [-0.3, -0.25) is 4.79 Å². The fraction of sp³-hybridized carbons (Fsp3) is 0.533. The van der Waals surface area contributed by atoms with Gasteiger partial charge in [-0.25, -0.2) is 4.39 Å². The van der Waals surface area contributed by atoms with E-state index >= 15 is 0 Å². The summed E-state index contributed by atoms with van der Waals surface area (Å²) in [6, 6.07) is 4.50. The summed E-state index contributed by atoms with van der Waals surface area (Å²) in [5.74, 6) is -0.460. The lowest BCUT2D eigenvalue weighted by atomic mass is 9.77. The van der Waals surface area contributed by atoms with E-state index in [4.69, 9.17) is 0 Å². The van der Waals surface area contributed by atoms with E-state index in [0.717, 1.165) is 13.0 Å². The molecule has 5 heteroatoms. The van der Waals surface area contributed by atoms with Crippen LogP contribution < -0.4 is 10.6 Å². The first-order valence-electron chi connectivity index (χ1n) is 6.87. The highest BCUT2D eigenvalue weighted by Crippen LogP contribution is 2.29. The van der Waals surface area contributed by atoms with Crippen molar-refractivity contribution in [3.63, 3.8) is 0 Å². The minimum Gasteiger partial charge on any atom is -0.350 e. The topological polar surface area (TPSA) is 41.1 Å². The second-order valence-electron chi connectivity index (χ2n) is 5.93. The van der Waals surface area contributed by atoms with E-state index in [2.05, 4.69) is 24.5 Å². The molecule has 0 aromatic heterocycles. The molecule has 1 fully saturated rings. The standard InChI is InChI=1S/C15H20FIN2O/c1-15(2)6-3-7-18-13(15)9-19-14(20)11-5-4-10(16)8-12(11)17/h4-5,8,13,18H,3,6-7,9H2,1-2H3,(H,19,20). The summed E-state index contributed by atoms with van der Waals surface area (Å²) in [7, 11) is 0. The van der Waals surface area contributed by atoms with Crippen LogP contribution in [0.2, 0.25) is 0 Å². The third-order valence-electron chi connectivity index (χ3n) is 3.97. The number of rotatable bonds is 3. The fourth-order valence-corrected chi connectivity index (χ4v) is 3.31. The molecule has 1 aliphatic rings. The summed E-state index contributed by atoms with van der Waals surface area (Å²) in [5.41, 5.74) is 0.710. The lowest BCUT2D eigenvalue weighted by Crippen LogP contribution is -2.52. The van der Waals surface area contributed by atoms with Crippen LogP contribution in [0.25, 0.3) is 0 Å². The van der Waals surface area contributed by atoms with Gasteiger partial charge in [0.1, 0.15) is 5.82 Å². The molecular weight excluding hydrogens is 370 g/mol. The molecule has 1 aromatic carbocycles. The predicted octanol–water partition coefficient (Wildman–Crippen LogP) is 2.94. The Morgan fingerprint density at radius 2 is 2.30 bits per heavy atom. The zero-order chi connectivity index (χ0) is 14.8. The molecule has 1 unspecified atom stereocenters. The van der Waals surface area contributed by atoms with Gasteiger partial charge in [0.25, 0.3) is 5.91 Å². The van der Waals surface area contributed by atoms with Gasteiger partial charge >= 0.3 is 0 Å². The molecule has 0 spiro atoms. The number of nitrogens with one attached hydrogen (secondary N) is 2. The predicted molar refractivity (Wildman–Crippen MR) is 86.3 cm³/mol. The molecule has 1 amide bonds. The first kappa shape index (κ1) is 15.7. The van der Waals surface area contributed by atoms with Crippen LogP contribution in [-0.4, -0.2) is 25.0 Å². The third-order valence-corrected chi connectivity index (χ3v) is 4.87. The molecule has 0 bridgehead atoms. The number of carbonyl (C=O) groups excluding carboxylic acids is 1. The Hall–Kier alpha value is -0.690. The van der Waals surface area contributed by atoms with Gasteiger partial charge < -0.3 is 10.6 Å². The molecule has 1 saturated heterocycles. The van der Waals surface area contributed by atoms with Crippen LogP contribution in [0, 0.1) is 14.8 Å². The number of carbonyl (C=O) groups is 1. The van der Waals surface area contributed by atoms with Crippen molar-refractivity contribution in [2.45, 2.75) is 32.7 Å². The van der Waals surface area contributed by atoms with Gasteiger partial charge in [-0.05, 0) is 65.6 Å². The van der Waals surface area contributed by atoms with Crippen LogP contribution in [-0.2, 0) is 0 Å². The SMILES string of the molecule is CC1(C)CCCNC1CNC(=O)c1ccc(F)cc1I. The lowest BCUT2D eigenvalue weighted by molar-refractivity contribution is 0.0928. The Labute approximate surface area is 132 Å². The van der Waals surface area contributed by atoms with Gasteiger partial charge in [0, 0.05) is 16.2 Å². The average molecular weight is 390 g/mol. The van der Waals surface area contributed by atoms with E-state index in [0.29, 0.717) is 15.7 Å². The van der Waals surface area contributed by atoms with Crippen LogP contribution in [0.4, 0.5) is 4.39 Å². The summed E-state index contributed by atoms with van der Waals surface area (Å²) >= 11 is 1.99. The molecule has 3 nitrogen and oxygen atoms in total. The summed E-state index contributed by atoms with van der Waals surface area (Å²) in [5, 5.41) is 6.42. The molecule has 0 saturated carbocycles. The summed E-state index contributed by atoms with van der Waals surface area (Å²) in [4.78, 5) is 12.2. The summed E-state index contributed by atoms with van der Waals surface area (Å²) in [6.07, 6.45) is 2.34. The maximum Gasteiger partial charge on any atom is 0.252 e.